The molecule has 0 unspecified atom stereocenters. The van der Waals surface area contributed by atoms with Crippen LogP contribution in [-0.2, 0) is 20.8 Å². The Morgan fingerprint density at radius 1 is 1.23 bits per heavy atom. The van der Waals surface area contributed by atoms with Gasteiger partial charge in [0.25, 0.3) is 0 Å². The number of hydrogen-bond acceptors (Lipinski definition) is 4. The molecule has 3 rings (SSSR count). The summed E-state index contributed by atoms with van der Waals surface area (Å²) in [5.74, 6) is -0.838. The molecule has 31 heavy (non-hydrogen) atoms. The van der Waals surface area contributed by atoms with Crippen LogP contribution in [0.1, 0.15) is 64.9 Å². The van der Waals surface area contributed by atoms with E-state index < -0.39 is 22.8 Å². The zero-order chi connectivity index (χ0) is 22.6. The first-order valence-electron chi connectivity index (χ1n) is 11.2. The lowest BCUT2D eigenvalue weighted by Crippen LogP contribution is -2.56. The van der Waals surface area contributed by atoms with Crippen LogP contribution in [0.15, 0.2) is 30.3 Å². The number of nitrogens with one attached hydrogen (secondary N) is 2. The van der Waals surface area contributed by atoms with Gasteiger partial charge in [-0.05, 0) is 49.5 Å². The Hall–Kier alpha value is -2.41. The minimum absolute atomic E-state index is 0.0747. The molecule has 2 fully saturated rings. The molecule has 0 bridgehead atoms. The molecule has 0 spiro atoms. The second-order valence-electron chi connectivity index (χ2n) is 10.1. The minimum atomic E-state index is -0.898. The number of hydroxylamine groups is 1. The van der Waals surface area contributed by atoms with E-state index in [1.807, 2.05) is 51.1 Å². The summed E-state index contributed by atoms with van der Waals surface area (Å²) in [5.41, 5.74) is 1.54. The van der Waals surface area contributed by atoms with Gasteiger partial charge in [-0.15, -0.1) is 0 Å². The Morgan fingerprint density at radius 2 is 1.90 bits per heavy atom. The van der Waals surface area contributed by atoms with Crippen LogP contribution >= 0.6 is 0 Å². The van der Waals surface area contributed by atoms with Crippen LogP contribution in [0.25, 0.3) is 0 Å². The topological polar surface area (TPSA) is 98.7 Å². The summed E-state index contributed by atoms with van der Waals surface area (Å²) in [6.45, 7) is 6.33. The third kappa shape index (κ3) is 5.64. The van der Waals surface area contributed by atoms with E-state index in [1.165, 1.54) is 5.56 Å². The number of carbonyl (C=O) groups excluding carboxylic acids is 3. The molecule has 2 atom stereocenters. The summed E-state index contributed by atoms with van der Waals surface area (Å²) < 4.78 is 0. The van der Waals surface area contributed by atoms with Crippen LogP contribution in [0.5, 0.6) is 0 Å². The van der Waals surface area contributed by atoms with E-state index in [4.69, 9.17) is 5.21 Å². The second kappa shape index (κ2) is 9.39. The molecule has 1 aromatic rings. The van der Waals surface area contributed by atoms with E-state index in [0.717, 1.165) is 25.7 Å². The smallest absolute Gasteiger partial charge is 0.244 e. The van der Waals surface area contributed by atoms with Crippen LogP contribution in [0.3, 0.4) is 0 Å². The molecular formula is C24H35N3O4. The molecule has 1 saturated carbocycles. The molecule has 7 heteroatoms. The lowest BCUT2D eigenvalue weighted by Gasteiger charge is -2.38. The molecule has 1 aliphatic heterocycles. The Balaban J connectivity index is 1.78. The Labute approximate surface area is 184 Å². The number of amides is 3. The van der Waals surface area contributed by atoms with Gasteiger partial charge < -0.3 is 10.2 Å². The van der Waals surface area contributed by atoms with E-state index in [-0.39, 0.29) is 24.3 Å². The second-order valence-corrected chi connectivity index (χ2v) is 10.1. The Bertz CT molecular complexity index is 801. The van der Waals surface area contributed by atoms with Crippen molar-refractivity contribution in [1.29, 1.82) is 0 Å². The lowest BCUT2D eigenvalue weighted by molar-refractivity contribution is -0.149. The summed E-state index contributed by atoms with van der Waals surface area (Å²) in [5, 5.41) is 12.2. The van der Waals surface area contributed by atoms with Crippen LogP contribution in [-0.4, -0.2) is 46.5 Å². The van der Waals surface area contributed by atoms with Crippen molar-refractivity contribution < 1.29 is 19.6 Å². The third-order valence-corrected chi connectivity index (χ3v) is 6.44. The number of carbonyl (C=O) groups is 3. The Morgan fingerprint density at radius 3 is 2.48 bits per heavy atom. The summed E-state index contributed by atoms with van der Waals surface area (Å²) >= 11 is 0. The number of benzene rings is 1. The van der Waals surface area contributed by atoms with Gasteiger partial charge in [-0.25, -0.2) is 5.48 Å². The van der Waals surface area contributed by atoms with E-state index in [2.05, 4.69) is 5.32 Å². The maximum atomic E-state index is 13.7. The molecule has 2 aliphatic rings. The fourth-order valence-electron chi connectivity index (χ4n) is 4.71. The van der Waals surface area contributed by atoms with E-state index >= 15 is 0 Å². The SMILES string of the molecule is CC(C)(C)[C@H](C(=O)NC1CC1)N1CC[C@@](CCCc2ccccc2)(CC(=O)NO)C1=O. The highest BCUT2D eigenvalue weighted by Gasteiger charge is 2.52. The largest absolute Gasteiger partial charge is 0.352 e. The van der Waals surface area contributed by atoms with Gasteiger partial charge in [0.15, 0.2) is 0 Å². The van der Waals surface area contributed by atoms with Crippen molar-refractivity contribution >= 4 is 17.7 Å². The minimum Gasteiger partial charge on any atom is -0.352 e. The van der Waals surface area contributed by atoms with Gasteiger partial charge in [-0.1, -0.05) is 51.1 Å². The van der Waals surface area contributed by atoms with Crippen LogP contribution < -0.4 is 10.8 Å². The molecule has 3 amide bonds. The van der Waals surface area contributed by atoms with Gasteiger partial charge in [-0.3, -0.25) is 19.6 Å². The molecule has 1 aromatic carbocycles. The van der Waals surface area contributed by atoms with Crippen molar-refractivity contribution in [3.63, 3.8) is 0 Å². The Kier molecular flexibility index (Phi) is 7.04. The maximum absolute atomic E-state index is 13.7. The van der Waals surface area contributed by atoms with E-state index in [9.17, 15) is 14.4 Å². The summed E-state index contributed by atoms with van der Waals surface area (Å²) in [4.78, 5) is 40.5. The normalized spacial score (nSPS) is 22.3. The first-order chi connectivity index (χ1) is 14.7. The maximum Gasteiger partial charge on any atom is 0.244 e. The van der Waals surface area contributed by atoms with Crippen molar-refractivity contribution in [3.8, 4) is 0 Å². The van der Waals surface area contributed by atoms with Crippen molar-refractivity contribution in [3.05, 3.63) is 35.9 Å². The van der Waals surface area contributed by atoms with Gasteiger partial charge in [0, 0.05) is 19.0 Å². The summed E-state index contributed by atoms with van der Waals surface area (Å²) in [6.07, 6.45) is 4.48. The summed E-state index contributed by atoms with van der Waals surface area (Å²) in [7, 11) is 0. The standard InChI is InChI=1S/C24H35N3O4/c1-23(2,3)20(21(29)25-18-11-12-18)27-15-14-24(22(27)30,16-19(28)26-31)13-7-10-17-8-5-4-6-9-17/h4-6,8-9,18,20,31H,7,10-16H2,1-3H3,(H,25,29)(H,26,28)/t20-,24-/m0/s1. The fourth-order valence-corrected chi connectivity index (χ4v) is 4.71. The molecule has 0 radical (unpaired) electrons. The highest BCUT2D eigenvalue weighted by Crippen LogP contribution is 2.43. The molecule has 3 N–H and O–H groups in total. The van der Waals surface area contributed by atoms with E-state index in [0.29, 0.717) is 19.4 Å². The first kappa shape index (κ1) is 23.3. The van der Waals surface area contributed by atoms with Crippen LogP contribution in [0.4, 0.5) is 0 Å². The van der Waals surface area contributed by atoms with Gasteiger partial charge in [0.2, 0.25) is 17.7 Å². The van der Waals surface area contributed by atoms with Crippen molar-refractivity contribution in [2.45, 2.75) is 77.8 Å². The zero-order valence-corrected chi connectivity index (χ0v) is 18.8. The molecule has 170 valence electrons. The average Bonchev–Trinajstić information content (AvgIpc) is 3.48. The van der Waals surface area contributed by atoms with Gasteiger partial charge in [0.05, 0.1) is 5.41 Å². The van der Waals surface area contributed by atoms with Gasteiger partial charge in [-0.2, -0.15) is 0 Å². The number of hydrogen-bond donors (Lipinski definition) is 3. The van der Waals surface area contributed by atoms with Crippen molar-refractivity contribution in [2.75, 3.05) is 6.54 Å². The molecule has 7 nitrogen and oxygen atoms in total. The monoisotopic (exact) mass is 429 g/mol. The summed E-state index contributed by atoms with van der Waals surface area (Å²) in [6, 6.07) is 9.66. The molecule has 1 heterocycles. The van der Waals surface area contributed by atoms with E-state index in [1.54, 1.807) is 10.4 Å². The predicted molar refractivity (Wildman–Crippen MR) is 117 cm³/mol. The molecule has 1 aliphatic carbocycles. The number of likely N-dealkylation sites (tertiary alicyclic amines) is 1. The first-order valence-corrected chi connectivity index (χ1v) is 11.2. The number of aryl methyl sites for hydroxylation is 1. The zero-order valence-electron chi connectivity index (χ0n) is 18.8. The lowest BCUT2D eigenvalue weighted by atomic mass is 9.77. The van der Waals surface area contributed by atoms with Gasteiger partial charge >= 0.3 is 0 Å². The third-order valence-electron chi connectivity index (χ3n) is 6.44. The highest BCUT2D eigenvalue weighted by atomic mass is 16.5. The van der Waals surface area contributed by atoms with Crippen molar-refractivity contribution in [1.82, 2.24) is 15.7 Å². The van der Waals surface area contributed by atoms with Crippen LogP contribution in [0, 0.1) is 10.8 Å². The number of rotatable bonds is 9. The highest BCUT2D eigenvalue weighted by molar-refractivity contribution is 5.94. The average molecular weight is 430 g/mol. The van der Waals surface area contributed by atoms with Crippen molar-refractivity contribution in [2.24, 2.45) is 10.8 Å². The number of nitrogens with zero attached hydrogens (tertiary/aromatic N) is 1. The van der Waals surface area contributed by atoms with Crippen LogP contribution in [0.2, 0.25) is 0 Å². The predicted octanol–water partition coefficient (Wildman–Crippen LogP) is 2.82. The molecule has 1 saturated heterocycles. The molecule has 0 aromatic heterocycles. The fraction of sp³-hybridized carbons (Fsp3) is 0.625. The quantitative estimate of drug-likeness (QED) is 0.415. The molecular weight excluding hydrogens is 394 g/mol. The van der Waals surface area contributed by atoms with Gasteiger partial charge in [0.1, 0.15) is 6.04 Å².